The molecule has 4 heteroatoms. The predicted molar refractivity (Wildman–Crippen MR) is 76.3 cm³/mol. The van der Waals surface area contributed by atoms with Crippen molar-refractivity contribution < 1.29 is 4.74 Å². The van der Waals surface area contributed by atoms with Gasteiger partial charge in [0.2, 0.25) is 0 Å². The van der Waals surface area contributed by atoms with Crippen LogP contribution in [0.1, 0.15) is 39.5 Å². The predicted octanol–water partition coefficient (Wildman–Crippen LogP) is 2.41. The smallest absolute Gasteiger partial charge is 0.169 e. The maximum Gasteiger partial charge on any atom is 0.169 e. The molecule has 1 rings (SSSR count). The van der Waals surface area contributed by atoms with E-state index in [2.05, 4.69) is 24.1 Å². The summed E-state index contributed by atoms with van der Waals surface area (Å²) in [6.45, 7) is 7.28. The molecule has 0 bridgehead atoms. The van der Waals surface area contributed by atoms with E-state index in [1.165, 1.54) is 25.7 Å². The van der Waals surface area contributed by atoms with Gasteiger partial charge in [0.05, 0.1) is 6.61 Å². The minimum absolute atomic E-state index is 0.292. The van der Waals surface area contributed by atoms with E-state index in [1.54, 1.807) is 7.11 Å². The molecule has 0 saturated carbocycles. The second-order valence-electron chi connectivity index (χ2n) is 5.02. The highest BCUT2D eigenvalue weighted by molar-refractivity contribution is 7.80. The molecule has 0 amide bonds. The number of hydrogen-bond acceptors (Lipinski definition) is 2. The maximum atomic E-state index is 5.43. The molecule has 1 unspecified atom stereocenters. The topological polar surface area (TPSA) is 24.5 Å². The Balaban J connectivity index is 2.25. The van der Waals surface area contributed by atoms with Gasteiger partial charge in [0.25, 0.3) is 0 Å². The minimum atomic E-state index is 0.292. The lowest BCUT2D eigenvalue weighted by Crippen LogP contribution is -2.48. The highest BCUT2D eigenvalue weighted by atomic mass is 32.1. The Hall–Kier alpha value is -0.350. The van der Waals surface area contributed by atoms with Crippen LogP contribution in [-0.4, -0.2) is 42.9 Å². The molecule has 1 atom stereocenters. The fourth-order valence-electron chi connectivity index (χ4n) is 2.43. The molecule has 1 heterocycles. The largest absolute Gasteiger partial charge is 0.383 e. The van der Waals surface area contributed by atoms with Crippen LogP contribution < -0.4 is 5.32 Å². The molecule has 1 aliphatic heterocycles. The van der Waals surface area contributed by atoms with E-state index in [4.69, 9.17) is 17.0 Å². The van der Waals surface area contributed by atoms with E-state index < -0.39 is 0 Å². The number of ether oxygens (including phenoxy) is 1. The van der Waals surface area contributed by atoms with Gasteiger partial charge in [0.15, 0.2) is 5.11 Å². The lowest BCUT2D eigenvalue weighted by Gasteiger charge is -2.34. The van der Waals surface area contributed by atoms with E-state index in [1.807, 2.05) is 0 Å². The van der Waals surface area contributed by atoms with Crippen LogP contribution >= 0.6 is 12.2 Å². The number of piperidine rings is 1. The number of thiocarbonyl (C=S) groups is 1. The Morgan fingerprint density at radius 3 is 2.65 bits per heavy atom. The molecule has 17 heavy (non-hydrogen) atoms. The highest BCUT2D eigenvalue weighted by Crippen LogP contribution is 2.21. The average molecular weight is 258 g/mol. The second kappa shape index (κ2) is 7.88. The summed E-state index contributed by atoms with van der Waals surface area (Å²) < 4.78 is 5.10. The van der Waals surface area contributed by atoms with Crippen molar-refractivity contribution in [2.45, 2.75) is 45.6 Å². The third-order valence-corrected chi connectivity index (χ3v) is 3.76. The highest BCUT2D eigenvalue weighted by Gasteiger charge is 2.20. The van der Waals surface area contributed by atoms with E-state index >= 15 is 0 Å². The molecule has 1 N–H and O–H groups in total. The van der Waals surface area contributed by atoms with Gasteiger partial charge in [-0.3, -0.25) is 0 Å². The first-order valence-electron chi connectivity index (χ1n) is 6.71. The van der Waals surface area contributed by atoms with Gasteiger partial charge in [-0.2, -0.15) is 0 Å². The quantitative estimate of drug-likeness (QED) is 0.765. The minimum Gasteiger partial charge on any atom is -0.383 e. The van der Waals surface area contributed by atoms with Gasteiger partial charge in [-0.25, -0.2) is 0 Å². The number of nitrogens with one attached hydrogen (secondary N) is 1. The molecule has 3 nitrogen and oxygen atoms in total. The van der Waals surface area contributed by atoms with Gasteiger partial charge in [-0.15, -0.1) is 0 Å². The molecular weight excluding hydrogens is 232 g/mol. The SMILES string of the molecule is CCCC1CCN(C(=S)NC(C)COC)CC1. The van der Waals surface area contributed by atoms with Crippen LogP contribution in [0.3, 0.4) is 0 Å². The van der Waals surface area contributed by atoms with Crippen molar-refractivity contribution in [1.82, 2.24) is 10.2 Å². The average Bonchev–Trinajstić information content (AvgIpc) is 2.30. The molecule has 1 saturated heterocycles. The lowest BCUT2D eigenvalue weighted by atomic mass is 9.93. The van der Waals surface area contributed by atoms with Crippen LogP contribution in [0, 0.1) is 5.92 Å². The Morgan fingerprint density at radius 2 is 2.12 bits per heavy atom. The zero-order valence-corrected chi connectivity index (χ0v) is 12.2. The summed E-state index contributed by atoms with van der Waals surface area (Å²) in [6.07, 6.45) is 5.25. The van der Waals surface area contributed by atoms with E-state index in [-0.39, 0.29) is 0 Å². The van der Waals surface area contributed by atoms with Crippen molar-refractivity contribution >= 4 is 17.3 Å². The van der Waals surface area contributed by atoms with Gasteiger partial charge in [0, 0.05) is 26.2 Å². The molecule has 0 aromatic carbocycles. The van der Waals surface area contributed by atoms with E-state index in [0.29, 0.717) is 12.6 Å². The normalized spacial score (nSPS) is 19.1. The first-order chi connectivity index (χ1) is 8.17. The van der Waals surface area contributed by atoms with Crippen molar-refractivity contribution in [2.24, 2.45) is 5.92 Å². The van der Waals surface area contributed by atoms with E-state index in [0.717, 1.165) is 24.1 Å². The van der Waals surface area contributed by atoms with Gasteiger partial charge < -0.3 is 15.0 Å². The summed E-state index contributed by atoms with van der Waals surface area (Å²) >= 11 is 5.43. The Morgan fingerprint density at radius 1 is 1.47 bits per heavy atom. The Kier molecular flexibility index (Phi) is 6.82. The number of methoxy groups -OCH3 is 1. The van der Waals surface area contributed by atoms with Gasteiger partial charge in [-0.05, 0) is 37.9 Å². The Labute approximate surface area is 111 Å². The first kappa shape index (κ1) is 14.7. The summed E-state index contributed by atoms with van der Waals surface area (Å²) in [5.74, 6) is 0.912. The monoisotopic (exact) mass is 258 g/mol. The van der Waals surface area contributed by atoms with Crippen molar-refractivity contribution in [1.29, 1.82) is 0 Å². The molecule has 0 radical (unpaired) electrons. The third kappa shape index (κ3) is 5.21. The van der Waals surface area contributed by atoms with Gasteiger partial charge in [-0.1, -0.05) is 19.8 Å². The lowest BCUT2D eigenvalue weighted by molar-refractivity contribution is 0.176. The van der Waals surface area contributed by atoms with E-state index in [9.17, 15) is 0 Å². The maximum absolute atomic E-state index is 5.43. The van der Waals surface area contributed by atoms with Crippen molar-refractivity contribution in [3.05, 3.63) is 0 Å². The molecule has 1 aliphatic rings. The Bertz CT molecular complexity index is 227. The summed E-state index contributed by atoms with van der Waals surface area (Å²) in [7, 11) is 1.72. The molecule has 0 aromatic rings. The first-order valence-corrected chi connectivity index (χ1v) is 7.12. The summed E-state index contributed by atoms with van der Waals surface area (Å²) in [6, 6.07) is 0.292. The molecule has 1 fully saturated rings. The van der Waals surface area contributed by atoms with Gasteiger partial charge >= 0.3 is 0 Å². The number of nitrogens with zero attached hydrogens (tertiary/aromatic N) is 1. The van der Waals surface area contributed by atoms with Crippen LogP contribution in [0.4, 0.5) is 0 Å². The van der Waals surface area contributed by atoms with Crippen molar-refractivity contribution in [2.75, 3.05) is 26.8 Å². The summed E-state index contributed by atoms with van der Waals surface area (Å²) in [5.41, 5.74) is 0. The summed E-state index contributed by atoms with van der Waals surface area (Å²) in [4.78, 5) is 2.30. The fourth-order valence-corrected chi connectivity index (χ4v) is 2.81. The standard InChI is InChI=1S/C13H26N2OS/c1-4-5-12-6-8-15(9-7-12)13(17)14-11(2)10-16-3/h11-12H,4-10H2,1-3H3,(H,14,17). The van der Waals surface area contributed by atoms with Crippen LogP contribution in [0.15, 0.2) is 0 Å². The number of likely N-dealkylation sites (tertiary alicyclic amines) is 1. The fraction of sp³-hybridized carbons (Fsp3) is 0.923. The van der Waals surface area contributed by atoms with Crippen molar-refractivity contribution in [3.63, 3.8) is 0 Å². The van der Waals surface area contributed by atoms with Crippen LogP contribution in [0.25, 0.3) is 0 Å². The zero-order valence-electron chi connectivity index (χ0n) is 11.4. The van der Waals surface area contributed by atoms with Crippen LogP contribution in [-0.2, 0) is 4.74 Å². The molecule has 0 aromatic heterocycles. The molecular formula is C13H26N2OS. The van der Waals surface area contributed by atoms with Crippen molar-refractivity contribution in [3.8, 4) is 0 Å². The van der Waals surface area contributed by atoms with Crippen LogP contribution in [0.2, 0.25) is 0 Å². The van der Waals surface area contributed by atoms with Crippen LogP contribution in [0.5, 0.6) is 0 Å². The summed E-state index contributed by atoms with van der Waals surface area (Å²) in [5, 5.41) is 4.22. The second-order valence-corrected chi connectivity index (χ2v) is 5.41. The number of hydrogen-bond donors (Lipinski definition) is 1. The van der Waals surface area contributed by atoms with Gasteiger partial charge in [0.1, 0.15) is 0 Å². The zero-order chi connectivity index (χ0) is 12.7. The molecule has 100 valence electrons. The third-order valence-electron chi connectivity index (χ3n) is 3.39. The number of rotatable bonds is 5. The molecule has 0 spiro atoms. The molecule has 0 aliphatic carbocycles.